The van der Waals surface area contributed by atoms with Gasteiger partial charge in [-0.15, -0.1) is 10.2 Å². The average molecular weight is 255 g/mol. The fraction of sp³-hybridized carbons (Fsp3) is 0.111. The maximum absolute atomic E-state index is 5.32. The highest BCUT2D eigenvalue weighted by Gasteiger charge is 2.05. The smallest absolute Gasteiger partial charge is 0.233 e. The summed E-state index contributed by atoms with van der Waals surface area (Å²) < 4.78 is 10.9. The molecular formula is C9H7BrN2O2. The molecule has 5 heteroatoms. The number of furan rings is 1. The highest BCUT2D eigenvalue weighted by Crippen LogP contribution is 2.23. The van der Waals surface area contributed by atoms with Gasteiger partial charge < -0.3 is 9.15 Å². The van der Waals surface area contributed by atoms with Crippen molar-refractivity contribution in [1.29, 1.82) is 0 Å². The molecule has 0 spiro atoms. The standard InChI is InChI=1S/C9H7BrN2O2/c1-13-9-5-2-6(11-12-9)7-3-4-8(10)14-7/h2-5H,1H3. The first-order valence-electron chi connectivity index (χ1n) is 3.93. The van der Waals surface area contributed by atoms with E-state index in [0.717, 1.165) is 0 Å². The highest BCUT2D eigenvalue weighted by atomic mass is 79.9. The van der Waals surface area contributed by atoms with Crippen molar-refractivity contribution in [2.75, 3.05) is 7.11 Å². The SMILES string of the molecule is COc1ccc(-c2ccc(Br)o2)nn1. The van der Waals surface area contributed by atoms with Gasteiger partial charge in [0.2, 0.25) is 5.88 Å². The van der Waals surface area contributed by atoms with Crippen molar-refractivity contribution < 1.29 is 9.15 Å². The maximum Gasteiger partial charge on any atom is 0.233 e. The van der Waals surface area contributed by atoms with E-state index in [-0.39, 0.29) is 0 Å². The minimum Gasteiger partial charge on any atom is -0.480 e. The van der Waals surface area contributed by atoms with Gasteiger partial charge >= 0.3 is 0 Å². The monoisotopic (exact) mass is 254 g/mol. The van der Waals surface area contributed by atoms with Gasteiger partial charge in [0.05, 0.1) is 7.11 Å². The van der Waals surface area contributed by atoms with Gasteiger partial charge in [0.15, 0.2) is 10.4 Å². The Morgan fingerprint density at radius 1 is 1.21 bits per heavy atom. The number of rotatable bonds is 2. The first kappa shape index (κ1) is 9.21. The molecular weight excluding hydrogens is 248 g/mol. The molecule has 4 nitrogen and oxygen atoms in total. The number of methoxy groups -OCH3 is 1. The quantitative estimate of drug-likeness (QED) is 0.827. The van der Waals surface area contributed by atoms with E-state index in [0.29, 0.717) is 22.0 Å². The van der Waals surface area contributed by atoms with Crippen LogP contribution in [0.25, 0.3) is 11.5 Å². The predicted octanol–water partition coefficient (Wildman–Crippen LogP) is 2.51. The molecule has 0 aliphatic rings. The molecule has 14 heavy (non-hydrogen) atoms. The molecule has 0 aliphatic carbocycles. The highest BCUT2D eigenvalue weighted by molar-refractivity contribution is 9.10. The van der Waals surface area contributed by atoms with E-state index in [4.69, 9.17) is 9.15 Å². The van der Waals surface area contributed by atoms with Gasteiger partial charge in [-0.3, -0.25) is 0 Å². The summed E-state index contributed by atoms with van der Waals surface area (Å²) in [5.41, 5.74) is 0.677. The van der Waals surface area contributed by atoms with Gasteiger partial charge in [-0.25, -0.2) is 0 Å². The zero-order valence-electron chi connectivity index (χ0n) is 7.40. The molecule has 2 aromatic heterocycles. The third-order valence-electron chi connectivity index (χ3n) is 1.67. The predicted molar refractivity (Wildman–Crippen MR) is 54.0 cm³/mol. The van der Waals surface area contributed by atoms with E-state index >= 15 is 0 Å². The van der Waals surface area contributed by atoms with Gasteiger partial charge in [-0.05, 0) is 34.1 Å². The topological polar surface area (TPSA) is 48.2 Å². The summed E-state index contributed by atoms with van der Waals surface area (Å²) in [5.74, 6) is 1.16. The number of halogens is 1. The van der Waals surface area contributed by atoms with E-state index in [2.05, 4.69) is 26.1 Å². The lowest BCUT2D eigenvalue weighted by atomic mass is 10.3. The second-order valence-electron chi connectivity index (χ2n) is 2.56. The van der Waals surface area contributed by atoms with Crippen LogP contribution in [0.15, 0.2) is 33.4 Å². The molecule has 0 aromatic carbocycles. The molecule has 2 heterocycles. The Bertz CT molecular complexity index is 425. The van der Waals surface area contributed by atoms with Crippen LogP contribution >= 0.6 is 15.9 Å². The Labute approximate surface area is 89.0 Å². The fourth-order valence-corrected chi connectivity index (χ4v) is 1.32. The van der Waals surface area contributed by atoms with Crippen LogP contribution in [0, 0.1) is 0 Å². The Morgan fingerprint density at radius 3 is 2.57 bits per heavy atom. The average Bonchev–Trinajstić information content (AvgIpc) is 2.65. The number of nitrogens with zero attached hydrogens (tertiary/aromatic N) is 2. The van der Waals surface area contributed by atoms with Crippen LogP contribution in [0.4, 0.5) is 0 Å². The number of hydrogen-bond donors (Lipinski definition) is 0. The Hall–Kier alpha value is -1.36. The molecule has 72 valence electrons. The molecule has 0 saturated heterocycles. The van der Waals surface area contributed by atoms with Gasteiger partial charge in [-0.1, -0.05) is 0 Å². The van der Waals surface area contributed by atoms with E-state index in [1.54, 1.807) is 25.3 Å². The normalized spacial score (nSPS) is 10.1. The van der Waals surface area contributed by atoms with Gasteiger partial charge in [0.25, 0.3) is 0 Å². The van der Waals surface area contributed by atoms with Crippen molar-refractivity contribution in [2.45, 2.75) is 0 Å². The van der Waals surface area contributed by atoms with Crippen molar-refractivity contribution in [3.63, 3.8) is 0 Å². The third kappa shape index (κ3) is 1.77. The van der Waals surface area contributed by atoms with E-state index in [1.807, 2.05) is 6.07 Å². The Kier molecular flexibility index (Phi) is 2.49. The lowest BCUT2D eigenvalue weighted by Gasteiger charge is -1.97. The van der Waals surface area contributed by atoms with Crippen LogP contribution in [0.2, 0.25) is 0 Å². The first-order chi connectivity index (χ1) is 6.79. The van der Waals surface area contributed by atoms with Crippen molar-refractivity contribution in [3.05, 3.63) is 28.9 Å². The van der Waals surface area contributed by atoms with Crippen molar-refractivity contribution in [3.8, 4) is 17.3 Å². The lowest BCUT2D eigenvalue weighted by Crippen LogP contribution is -1.90. The molecule has 0 N–H and O–H groups in total. The number of hydrogen-bond acceptors (Lipinski definition) is 4. The largest absolute Gasteiger partial charge is 0.480 e. The molecule has 0 aliphatic heterocycles. The summed E-state index contributed by atoms with van der Waals surface area (Å²) in [5, 5.41) is 7.78. The molecule has 0 amide bonds. The number of ether oxygens (including phenoxy) is 1. The molecule has 2 aromatic rings. The first-order valence-corrected chi connectivity index (χ1v) is 4.72. The van der Waals surface area contributed by atoms with Crippen LogP contribution in [0.3, 0.4) is 0 Å². The zero-order valence-corrected chi connectivity index (χ0v) is 8.98. The minimum absolute atomic E-state index is 0.486. The molecule has 0 fully saturated rings. The van der Waals surface area contributed by atoms with Crippen LogP contribution < -0.4 is 4.74 Å². The van der Waals surface area contributed by atoms with Gasteiger partial charge in [-0.2, -0.15) is 0 Å². The van der Waals surface area contributed by atoms with Crippen LogP contribution in [-0.4, -0.2) is 17.3 Å². The van der Waals surface area contributed by atoms with E-state index in [9.17, 15) is 0 Å². The van der Waals surface area contributed by atoms with E-state index in [1.165, 1.54) is 0 Å². The zero-order chi connectivity index (χ0) is 9.97. The Morgan fingerprint density at radius 2 is 2.07 bits per heavy atom. The maximum atomic E-state index is 5.32. The molecule has 0 saturated carbocycles. The van der Waals surface area contributed by atoms with E-state index < -0.39 is 0 Å². The second-order valence-corrected chi connectivity index (χ2v) is 3.35. The number of aromatic nitrogens is 2. The van der Waals surface area contributed by atoms with Gasteiger partial charge in [0.1, 0.15) is 5.69 Å². The van der Waals surface area contributed by atoms with Crippen LogP contribution in [-0.2, 0) is 0 Å². The summed E-state index contributed by atoms with van der Waals surface area (Å²) in [6, 6.07) is 7.15. The van der Waals surface area contributed by atoms with Crippen molar-refractivity contribution in [2.24, 2.45) is 0 Å². The molecule has 2 rings (SSSR count). The summed E-state index contributed by atoms with van der Waals surface area (Å²) in [6.07, 6.45) is 0. The molecule has 0 bridgehead atoms. The van der Waals surface area contributed by atoms with Crippen LogP contribution in [0.5, 0.6) is 5.88 Å². The lowest BCUT2D eigenvalue weighted by molar-refractivity contribution is 0.392. The second kappa shape index (κ2) is 3.79. The summed E-state index contributed by atoms with van der Waals surface area (Å²) in [6.45, 7) is 0. The molecule has 0 unspecified atom stereocenters. The Balaban J connectivity index is 2.33. The van der Waals surface area contributed by atoms with Crippen molar-refractivity contribution in [1.82, 2.24) is 10.2 Å². The molecule has 0 radical (unpaired) electrons. The summed E-state index contributed by atoms with van der Waals surface area (Å²) in [7, 11) is 1.55. The van der Waals surface area contributed by atoms with Crippen LogP contribution in [0.1, 0.15) is 0 Å². The molecule has 0 atom stereocenters. The fourth-order valence-electron chi connectivity index (χ4n) is 1.01. The third-order valence-corrected chi connectivity index (χ3v) is 2.10. The van der Waals surface area contributed by atoms with Gasteiger partial charge in [0, 0.05) is 6.07 Å². The summed E-state index contributed by atoms with van der Waals surface area (Å²) >= 11 is 3.22. The summed E-state index contributed by atoms with van der Waals surface area (Å²) in [4.78, 5) is 0. The minimum atomic E-state index is 0.486. The van der Waals surface area contributed by atoms with Crippen molar-refractivity contribution >= 4 is 15.9 Å².